The van der Waals surface area contributed by atoms with Crippen LogP contribution in [0.5, 0.6) is 11.5 Å². The number of carbonyl (C=O) groups is 1. The third kappa shape index (κ3) is 2.06. The molecule has 3 nitrogen and oxygen atoms in total. The number of carbonyl (C=O) groups excluding carboxylic acids is 1. The molecule has 1 aliphatic rings. The highest BCUT2D eigenvalue weighted by Crippen LogP contribution is 2.45. The van der Waals surface area contributed by atoms with Crippen LogP contribution in [-0.4, -0.2) is 20.0 Å². The van der Waals surface area contributed by atoms with E-state index in [0.29, 0.717) is 23.5 Å². The Kier molecular flexibility index (Phi) is 3.61. The van der Waals surface area contributed by atoms with Gasteiger partial charge in [-0.05, 0) is 25.0 Å². The number of fused-ring (bicyclic) bond motifs is 1. The zero-order valence-electron chi connectivity index (χ0n) is 12.6. The van der Waals surface area contributed by atoms with Gasteiger partial charge in [-0.2, -0.15) is 0 Å². The van der Waals surface area contributed by atoms with Gasteiger partial charge in [-0.15, -0.1) is 0 Å². The molecule has 0 aliphatic heterocycles. The van der Waals surface area contributed by atoms with Crippen LogP contribution in [0.3, 0.4) is 0 Å². The van der Waals surface area contributed by atoms with Gasteiger partial charge in [0.2, 0.25) is 11.5 Å². The quantitative estimate of drug-likeness (QED) is 0.867. The molecule has 0 aromatic heterocycles. The molecule has 0 amide bonds. The smallest absolute Gasteiger partial charge is 0.205 e. The average molecular weight is 300 g/mol. The number of rotatable bonds is 3. The van der Waals surface area contributed by atoms with Gasteiger partial charge in [-0.25, -0.2) is 4.39 Å². The first-order chi connectivity index (χ1) is 10.6. The molecular formula is C18H17FO3. The van der Waals surface area contributed by atoms with Crippen LogP contribution in [-0.2, 0) is 12.1 Å². The van der Waals surface area contributed by atoms with Crippen molar-refractivity contribution in [2.75, 3.05) is 14.2 Å². The van der Waals surface area contributed by atoms with E-state index in [0.717, 1.165) is 5.56 Å². The van der Waals surface area contributed by atoms with Crippen molar-refractivity contribution in [2.24, 2.45) is 0 Å². The summed E-state index contributed by atoms with van der Waals surface area (Å²) in [5.41, 5.74) is -0.612. The zero-order valence-corrected chi connectivity index (χ0v) is 12.6. The number of Topliss-reactive ketones (excluding diaryl/α,β-unsaturated/α-hetero) is 1. The first-order valence-electron chi connectivity index (χ1n) is 7.15. The molecule has 2 aromatic rings. The maximum absolute atomic E-state index is 15.6. The molecule has 1 atom stereocenters. The third-order valence-corrected chi connectivity index (χ3v) is 4.21. The van der Waals surface area contributed by atoms with E-state index in [1.165, 1.54) is 7.11 Å². The lowest BCUT2D eigenvalue weighted by atomic mass is 9.76. The van der Waals surface area contributed by atoms with Crippen LogP contribution in [0, 0.1) is 0 Å². The van der Waals surface area contributed by atoms with Crippen LogP contribution < -0.4 is 9.47 Å². The maximum Gasteiger partial charge on any atom is 0.205 e. The van der Waals surface area contributed by atoms with E-state index >= 15 is 4.39 Å². The van der Waals surface area contributed by atoms with Crippen LogP contribution in [0.2, 0.25) is 0 Å². The molecule has 0 fully saturated rings. The molecule has 0 spiro atoms. The van der Waals surface area contributed by atoms with Crippen LogP contribution in [0.25, 0.3) is 0 Å². The second-order valence-electron chi connectivity index (χ2n) is 5.32. The van der Waals surface area contributed by atoms with E-state index in [2.05, 4.69) is 0 Å². The molecular weight excluding hydrogens is 283 g/mol. The number of hydrogen-bond acceptors (Lipinski definition) is 3. The van der Waals surface area contributed by atoms with E-state index in [1.807, 2.05) is 0 Å². The standard InChI is InChI=1S/C18H17FO3/c1-21-15-9-5-6-13-12(15)10-11-18(19,17(13)20)14-7-3-4-8-16(14)22-2/h3-9H,10-11H2,1-2H3/t18-/m1/s1. The van der Waals surface area contributed by atoms with E-state index < -0.39 is 11.5 Å². The van der Waals surface area contributed by atoms with Crippen molar-refractivity contribution < 1.29 is 18.7 Å². The summed E-state index contributed by atoms with van der Waals surface area (Å²) in [5.74, 6) is 0.495. The molecule has 0 unspecified atom stereocenters. The van der Waals surface area contributed by atoms with Gasteiger partial charge in [-0.1, -0.05) is 30.3 Å². The summed E-state index contributed by atoms with van der Waals surface area (Å²) in [6.07, 6.45) is 0.527. The summed E-state index contributed by atoms with van der Waals surface area (Å²) in [6, 6.07) is 11.9. The predicted molar refractivity (Wildman–Crippen MR) is 81.4 cm³/mol. The summed E-state index contributed by atoms with van der Waals surface area (Å²) in [7, 11) is 3.03. The van der Waals surface area contributed by atoms with Crippen molar-refractivity contribution >= 4 is 5.78 Å². The van der Waals surface area contributed by atoms with E-state index in [4.69, 9.17) is 9.47 Å². The Balaban J connectivity index is 2.12. The second-order valence-corrected chi connectivity index (χ2v) is 5.32. The first-order valence-corrected chi connectivity index (χ1v) is 7.15. The summed E-state index contributed by atoms with van der Waals surface area (Å²) < 4.78 is 26.1. The Morgan fingerprint density at radius 2 is 1.68 bits per heavy atom. The van der Waals surface area contributed by atoms with E-state index in [-0.39, 0.29) is 12.0 Å². The number of methoxy groups -OCH3 is 2. The van der Waals surface area contributed by atoms with Crippen molar-refractivity contribution in [3.63, 3.8) is 0 Å². The van der Waals surface area contributed by atoms with Gasteiger partial charge in [0.25, 0.3) is 0 Å². The molecule has 4 heteroatoms. The Hall–Kier alpha value is -2.36. The number of hydrogen-bond donors (Lipinski definition) is 0. The Morgan fingerprint density at radius 3 is 2.41 bits per heavy atom. The van der Waals surface area contributed by atoms with Gasteiger partial charge in [0.15, 0.2) is 0 Å². The number of benzene rings is 2. The topological polar surface area (TPSA) is 35.5 Å². The molecule has 114 valence electrons. The Morgan fingerprint density at radius 1 is 1.00 bits per heavy atom. The minimum Gasteiger partial charge on any atom is -0.496 e. The number of ether oxygens (including phenoxy) is 2. The molecule has 1 aliphatic carbocycles. The fraction of sp³-hybridized carbons (Fsp3) is 0.278. The molecule has 0 heterocycles. The van der Waals surface area contributed by atoms with Crippen molar-refractivity contribution in [1.29, 1.82) is 0 Å². The first kappa shape index (κ1) is 14.6. The van der Waals surface area contributed by atoms with Gasteiger partial charge >= 0.3 is 0 Å². The molecule has 0 radical (unpaired) electrons. The number of para-hydroxylation sites is 1. The molecule has 22 heavy (non-hydrogen) atoms. The lowest BCUT2D eigenvalue weighted by molar-refractivity contribution is 0.0621. The van der Waals surface area contributed by atoms with Gasteiger partial charge < -0.3 is 9.47 Å². The highest BCUT2D eigenvalue weighted by atomic mass is 19.1. The normalized spacial score (nSPS) is 20.4. The van der Waals surface area contributed by atoms with Crippen molar-refractivity contribution in [2.45, 2.75) is 18.5 Å². The molecule has 0 bridgehead atoms. The van der Waals surface area contributed by atoms with Crippen molar-refractivity contribution in [3.05, 3.63) is 59.2 Å². The van der Waals surface area contributed by atoms with Gasteiger partial charge in [0.05, 0.1) is 14.2 Å². The average Bonchev–Trinajstić information content (AvgIpc) is 2.57. The second kappa shape index (κ2) is 5.44. The van der Waals surface area contributed by atoms with Gasteiger partial charge in [0, 0.05) is 16.7 Å². The molecule has 3 rings (SSSR count). The predicted octanol–water partition coefficient (Wildman–Crippen LogP) is 3.70. The van der Waals surface area contributed by atoms with Crippen molar-refractivity contribution in [1.82, 2.24) is 0 Å². The lowest BCUT2D eigenvalue weighted by Gasteiger charge is -2.31. The highest BCUT2D eigenvalue weighted by Gasteiger charge is 2.46. The summed E-state index contributed by atoms with van der Waals surface area (Å²) in [4.78, 5) is 12.8. The largest absolute Gasteiger partial charge is 0.496 e. The summed E-state index contributed by atoms with van der Waals surface area (Å²) in [5, 5.41) is 0. The maximum atomic E-state index is 15.6. The zero-order chi connectivity index (χ0) is 15.7. The minimum atomic E-state index is -2.06. The Labute approximate surface area is 128 Å². The fourth-order valence-corrected chi connectivity index (χ4v) is 3.08. The monoisotopic (exact) mass is 300 g/mol. The minimum absolute atomic E-state index is 0.0829. The number of alkyl halides is 1. The van der Waals surface area contributed by atoms with Gasteiger partial charge in [-0.3, -0.25) is 4.79 Å². The number of ketones is 1. The number of halogens is 1. The third-order valence-electron chi connectivity index (χ3n) is 4.21. The highest BCUT2D eigenvalue weighted by molar-refractivity contribution is 6.06. The summed E-state index contributed by atoms with van der Waals surface area (Å²) >= 11 is 0. The fourth-order valence-electron chi connectivity index (χ4n) is 3.08. The molecule has 0 saturated carbocycles. The molecule has 2 aromatic carbocycles. The lowest BCUT2D eigenvalue weighted by Crippen LogP contribution is -2.36. The van der Waals surface area contributed by atoms with E-state index in [9.17, 15) is 4.79 Å². The van der Waals surface area contributed by atoms with Crippen LogP contribution in [0.4, 0.5) is 4.39 Å². The summed E-state index contributed by atoms with van der Waals surface area (Å²) in [6.45, 7) is 0. The van der Waals surface area contributed by atoms with E-state index in [1.54, 1.807) is 49.6 Å². The van der Waals surface area contributed by atoms with Crippen LogP contribution in [0.15, 0.2) is 42.5 Å². The van der Waals surface area contributed by atoms with Gasteiger partial charge in [0.1, 0.15) is 11.5 Å². The molecule has 0 saturated heterocycles. The van der Waals surface area contributed by atoms with Crippen molar-refractivity contribution in [3.8, 4) is 11.5 Å². The van der Waals surface area contributed by atoms with Crippen LogP contribution >= 0.6 is 0 Å². The Bertz CT molecular complexity index is 726. The molecule has 0 N–H and O–H groups in total. The van der Waals surface area contributed by atoms with Crippen LogP contribution in [0.1, 0.15) is 27.9 Å². The SMILES string of the molecule is COc1ccccc1[C@]1(F)CCc2c(OC)cccc2C1=O.